The number of nitrogens with zero attached hydrogens (tertiary/aromatic N) is 2. The van der Waals surface area contributed by atoms with Gasteiger partial charge in [0.05, 0.1) is 12.6 Å². The number of carbonyl (C=O) groups is 1. The average Bonchev–Trinajstić information content (AvgIpc) is 2.51. The smallest absolute Gasteiger partial charge is 0.240 e. The molecule has 22 heavy (non-hydrogen) atoms. The van der Waals surface area contributed by atoms with Crippen LogP contribution in [0.4, 0.5) is 4.39 Å². The average molecular weight is 306 g/mol. The highest BCUT2D eigenvalue weighted by Gasteiger charge is 2.40. The lowest BCUT2D eigenvalue weighted by Gasteiger charge is -2.46. The van der Waals surface area contributed by atoms with E-state index in [0.29, 0.717) is 25.6 Å². The number of hydrogen-bond donors (Lipinski definition) is 0. The number of benzene rings is 1. The Kier molecular flexibility index (Phi) is 4.74. The van der Waals surface area contributed by atoms with Gasteiger partial charge in [0, 0.05) is 26.7 Å². The molecule has 1 amide bonds. The van der Waals surface area contributed by atoms with Crippen molar-refractivity contribution in [2.75, 3.05) is 33.4 Å². The van der Waals surface area contributed by atoms with Gasteiger partial charge in [0.25, 0.3) is 0 Å². The van der Waals surface area contributed by atoms with Gasteiger partial charge in [-0.3, -0.25) is 9.69 Å². The van der Waals surface area contributed by atoms with Crippen molar-refractivity contribution in [1.82, 2.24) is 9.80 Å². The van der Waals surface area contributed by atoms with Crippen molar-refractivity contribution in [3.8, 4) is 0 Å². The molecule has 0 unspecified atom stereocenters. The summed E-state index contributed by atoms with van der Waals surface area (Å²) in [4.78, 5) is 16.8. The monoisotopic (exact) mass is 306 g/mol. The topological polar surface area (TPSA) is 32.8 Å². The first-order valence-corrected chi connectivity index (χ1v) is 7.93. The lowest BCUT2D eigenvalue weighted by molar-refractivity contribution is -0.146. The number of fused-ring (bicyclic) bond motifs is 2. The molecule has 2 heterocycles. The van der Waals surface area contributed by atoms with Gasteiger partial charge in [0.15, 0.2) is 0 Å². The number of halogens is 1. The van der Waals surface area contributed by atoms with E-state index in [0.717, 1.165) is 31.5 Å². The number of ether oxygens (including phenoxy) is 1. The van der Waals surface area contributed by atoms with Crippen LogP contribution in [0.3, 0.4) is 0 Å². The van der Waals surface area contributed by atoms with E-state index >= 15 is 0 Å². The highest BCUT2D eigenvalue weighted by molar-refractivity contribution is 5.83. The Morgan fingerprint density at radius 3 is 3.05 bits per heavy atom. The van der Waals surface area contributed by atoms with Crippen LogP contribution in [0.25, 0.3) is 0 Å². The molecule has 1 aromatic carbocycles. The number of methoxy groups -OCH3 is 1. The van der Waals surface area contributed by atoms with Crippen molar-refractivity contribution >= 4 is 5.91 Å². The number of piperidine rings is 2. The third kappa shape index (κ3) is 3.31. The zero-order valence-electron chi connectivity index (χ0n) is 13.0. The summed E-state index contributed by atoms with van der Waals surface area (Å²) >= 11 is 0. The molecule has 5 heteroatoms. The van der Waals surface area contributed by atoms with Crippen molar-refractivity contribution in [1.29, 1.82) is 0 Å². The molecule has 0 radical (unpaired) electrons. The molecule has 3 rings (SSSR count). The van der Waals surface area contributed by atoms with Gasteiger partial charge in [-0.25, -0.2) is 4.39 Å². The summed E-state index contributed by atoms with van der Waals surface area (Å²) in [6, 6.07) is 6.60. The fraction of sp³-hybridized carbons (Fsp3) is 0.588. The van der Waals surface area contributed by atoms with Crippen LogP contribution in [0.2, 0.25) is 0 Å². The minimum absolute atomic E-state index is 0.0624. The summed E-state index contributed by atoms with van der Waals surface area (Å²) in [6.07, 6.45) is 2.03. The van der Waals surface area contributed by atoms with Crippen LogP contribution in [0.15, 0.2) is 24.3 Å². The molecule has 0 spiro atoms. The van der Waals surface area contributed by atoms with E-state index in [1.54, 1.807) is 19.2 Å². The van der Waals surface area contributed by atoms with E-state index in [1.165, 1.54) is 6.07 Å². The maximum atomic E-state index is 13.3. The van der Waals surface area contributed by atoms with Crippen molar-refractivity contribution < 1.29 is 13.9 Å². The van der Waals surface area contributed by atoms with Gasteiger partial charge >= 0.3 is 0 Å². The van der Waals surface area contributed by atoms with Crippen LogP contribution in [-0.2, 0) is 16.1 Å². The largest absolute Gasteiger partial charge is 0.383 e. The molecule has 2 atom stereocenters. The van der Waals surface area contributed by atoms with Crippen molar-refractivity contribution in [3.63, 3.8) is 0 Å². The minimum Gasteiger partial charge on any atom is -0.383 e. The van der Waals surface area contributed by atoms with Crippen molar-refractivity contribution in [3.05, 3.63) is 35.6 Å². The van der Waals surface area contributed by atoms with Gasteiger partial charge in [0.1, 0.15) is 5.82 Å². The third-order valence-corrected chi connectivity index (χ3v) is 4.74. The second kappa shape index (κ2) is 6.75. The Bertz CT molecular complexity index is 537. The van der Waals surface area contributed by atoms with Gasteiger partial charge in [0.2, 0.25) is 5.91 Å². The second-order valence-electron chi connectivity index (χ2n) is 6.28. The zero-order chi connectivity index (χ0) is 15.5. The minimum atomic E-state index is -0.218. The van der Waals surface area contributed by atoms with E-state index in [1.807, 2.05) is 11.0 Å². The molecule has 0 aliphatic carbocycles. The molecular weight excluding hydrogens is 283 g/mol. The highest BCUT2D eigenvalue weighted by Crippen LogP contribution is 2.31. The van der Waals surface area contributed by atoms with Gasteiger partial charge in [-0.1, -0.05) is 12.1 Å². The molecule has 2 aliphatic heterocycles. The molecule has 2 bridgehead atoms. The molecule has 120 valence electrons. The molecule has 4 nitrogen and oxygen atoms in total. The van der Waals surface area contributed by atoms with E-state index in [4.69, 9.17) is 4.74 Å². The summed E-state index contributed by atoms with van der Waals surface area (Å²) < 4.78 is 18.4. The van der Waals surface area contributed by atoms with Crippen LogP contribution in [0, 0.1) is 11.7 Å². The molecule has 0 saturated carbocycles. The summed E-state index contributed by atoms with van der Waals surface area (Å²) in [5, 5.41) is 0. The summed E-state index contributed by atoms with van der Waals surface area (Å²) in [5.41, 5.74) is 0.931. The second-order valence-corrected chi connectivity index (χ2v) is 6.28. The Hall–Kier alpha value is -1.46. The van der Waals surface area contributed by atoms with E-state index in [9.17, 15) is 9.18 Å². The fourth-order valence-corrected chi connectivity index (χ4v) is 3.58. The van der Waals surface area contributed by atoms with Gasteiger partial charge in [-0.15, -0.1) is 0 Å². The standard InChI is InChI=1S/C17H23FN2O2/c1-22-8-7-20-12-14-5-6-19(16(10-14)17(20)21)11-13-3-2-4-15(18)9-13/h2-4,9,14,16H,5-8,10-12H2,1H3/t14-,16+/m0/s1. The molecule has 0 aromatic heterocycles. The van der Waals surface area contributed by atoms with Gasteiger partial charge in [-0.05, 0) is 43.0 Å². The van der Waals surface area contributed by atoms with Crippen LogP contribution < -0.4 is 0 Å². The molecule has 1 aromatic rings. The van der Waals surface area contributed by atoms with Crippen LogP contribution in [-0.4, -0.2) is 55.1 Å². The lowest BCUT2D eigenvalue weighted by atomic mass is 9.85. The zero-order valence-corrected chi connectivity index (χ0v) is 13.0. The SMILES string of the molecule is COCCN1C[C@H]2CCN(Cc3cccc(F)c3)[C@H](C2)C1=O. The van der Waals surface area contributed by atoms with Crippen LogP contribution in [0.1, 0.15) is 18.4 Å². The summed E-state index contributed by atoms with van der Waals surface area (Å²) in [5.74, 6) is 0.566. The highest BCUT2D eigenvalue weighted by atomic mass is 19.1. The Morgan fingerprint density at radius 2 is 2.27 bits per heavy atom. The molecule has 2 fully saturated rings. The lowest BCUT2D eigenvalue weighted by Crippen LogP contribution is -2.58. The van der Waals surface area contributed by atoms with E-state index in [-0.39, 0.29) is 17.8 Å². The molecule has 0 N–H and O–H groups in total. The fourth-order valence-electron chi connectivity index (χ4n) is 3.58. The predicted octanol–water partition coefficient (Wildman–Crippen LogP) is 1.89. The first-order chi connectivity index (χ1) is 10.7. The number of rotatable bonds is 5. The maximum absolute atomic E-state index is 13.3. The van der Waals surface area contributed by atoms with Crippen LogP contribution in [0.5, 0.6) is 0 Å². The Labute approximate surface area is 130 Å². The summed E-state index contributed by atoms with van der Waals surface area (Å²) in [6.45, 7) is 3.65. The number of carbonyl (C=O) groups excluding carboxylic acids is 1. The van der Waals surface area contributed by atoms with Crippen molar-refractivity contribution in [2.24, 2.45) is 5.92 Å². The quantitative estimate of drug-likeness (QED) is 0.833. The first-order valence-electron chi connectivity index (χ1n) is 7.93. The number of likely N-dealkylation sites (tertiary alicyclic amines) is 2. The maximum Gasteiger partial charge on any atom is 0.240 e. The number of amides is 1. The van der Waals surface area contributed by atoms with Gasteiger partial charge < -0.3 is 9.64 Å². The Balaban J connectivity index is 1.69. The molecule has 2 saturated heterocycles. The normalized spacial score (nSPS) is 25.5. The molecule has 2 aliphatic rings. The van der Waals surface area contributed by atoms with Crippen LogP contribution >= 0.6 is 0 Å². The van der Waals surface area contributed by atoms with E-state index < -0.39 is 0 Å². The molecular formula is C17H23FN2O2. The van der Waals surface area contributed by atoms with Crippen molar-refractivity contribution in [2.45, 2.75) is 25.4 Å². The third-order valence-electron chi connectivity index (χ3n) is 4.74. The number of hydrogen-bond acceptors (Lipinski definition) is 3. The first kappa shape index (κ1) is 15.4. The van der Waals surface area contributed by atoms with E-state index in [2.05, 4.69) is 4.90 Å². The summed E-state index contributed by atoms with van der Waals surface area (Å²) in [7, 11) is 1.66. The Morgan fingerprint density at radius 1 is 1.41 bits per heavy atom. The van der Waals surface area contributed by atoms with Gasteiger partial charge in [-0.2, -0.15) is 0 Å². The predicted molar refractivity (Wildman–Crippen MR) is 81.8 cm³/mol.